The summed E-state index contributed by atoms with van der Waals surface area (Å²) in [6.07, 6.45) is 3.93. The standard InChI is InChI=1S/C16H25NO/c1-4-11(2)13-6-8-14(9-7-13)16(17)15-10-5-12(3)18-15/h6-9,11-12,15-16H,4-5,10,17H2,1-3H3. The Hall–Kier alpha value is -0.860. The first kappa shape index (κ1) is 13.6. The predicted molar refractivity (Wildman–Crippen MR) is 75.6 cm³/mol. The van der Waals surface area contributed by atoms with Gasteiger partial charge in [-0.1, -0.05) is 38.1 Å². The molecule has 0 aromatic heterocycles. The van der Waals surface area contributed by atoms with Gasteiger partial charge in [0, 0.05) is 0 Å². The maximum atomic E-state index is 6.30. The third-order valence-electron chi connectivity index (χ3n) is 4.17. The van der Waals surface area contributed by atoms with Gasteiger partial charge < -0.3 is 10.5 Å². The lowest BCUT2D eigenvalue weighted by Gasteiger charge is -2.20. The van der Waals surface area contributed by atoms with E-state index < -0.39 is 0 Å². The van der Waals surface area contributed by atoms with Gasteiger partial charge in [0.15, 0.2) is 0 Å². The van der Waals surface area contributed by atoms with Crippen LogP contribution < -0.4 is 5.73 Å². The van der Waals surface area contributed by atoms with Gasteiger partial charge in [0.25, 0.3) is 0 Å². The number of nitrogens with two attached hydrogens (primary N) is 1. The Kier molecular flexibility index (Phi) is 4.41. The number of ether oxygens (including phenoxy) is 1. The summed E-state index contributed by atoms with van der Waals surface area (Å²) in [5.41, 5.74) is 8.89. The molecule has 1 heterocycles. The van der Waals surface area contributed by atoms with Crippen molar-refractivity contribution in [2.45, 2.75) is 64.2 Å². The Morgan fingerprint density at radius 3 is 2.33 bits per heavy atom. The third-order valence-corrected chi connectivity index (χ3v) is 4.17. The molecule has 2 N–H and O–H groups in total. The highest BCUT2D eigenvalue weighted by atomic mass is 16.5. The molecule has 2 heteroatoms. The van der Waals surface area contributed by atoms with Crippen LogP contribution in [0.5, 0.6) is 0 Å². The van der Waals surface area contributed by atoms with E-state index in [2.05, 4.69) is 45.0 Å². The molecule has 1 aromatic carbocycles. The molecule has 4 unspecified atom stereocenters. The summed E-state index contributed by atoms with van der Waals surface area (Å²) < 4.78 is 5.85. The van der Waals surface area contributed by atoms with Gasteiger partial charge in [-0.25, -0.2) is 0 Å². The van der Waals surface area contributed by atoms with Crippen molar-refractivity contribution in [3.63, 3.8) is 0 Å². The maximum absolute atomic E-state index is 6.30. The van der Waals surface area contributed by atoms with Gasteiger partial charge in [-0.05, 0) is 43.2 Å². The van der Waals surface area contributed by atoms with E-state index in [1.54, 1.807) is 0 Å². The van der Waals surface area contributed by atoms with Crippen LogP contribution in [0, 0.1) is 0 Å². The van der Waals surface area contributed by atoms with Crippen molar-refractivity contribution < 1.29 is 4.74 Å². The normalized spacial score (nSPS) is 27.1. The van der Waals surface area contributed by atoms with Crippen LogP contribution in [0.2, 0.25) is 0 Å². The van der Waals surface area contributed by atoms with Crippen LogP contribution in [-0.4, -0.2) is 12.2 Å². The summed E-state index contributed by atoms with van der Waals surface area (Å²) in [6.45, 7) is 6.60. The molecule has 0 spiro atoms. The Morgan fingerprint density at radius 1 is 1.22 bits per heavy atom. The molecule has 1 aliphatic rings. The Bertz CT molecular complexity index is 373. The molecule has 0 saturated carbocycles. The van der Waals surface area contributed by atoms with Crippen molar-refractivity contribution >= 4 is 0 Å². The second-order valence-corrected chi connectivity index (χ2v) is 5.56. The van der Waals surface area contributed by atoms with Crippen molar-refractivity contribution in [3.8, 4) is 0 Å². The molecule has 1 aromatic rings. The largest absolute Gasteiger partial charge is 0.373 e. The maximum Gasteiger partial charge on any atom is 0.0772 e. The average Bonchev–Trinajstić information content (AvgIpc) is 2.84. The van der Waals surface area contributed by atoms with Crippen molar-refractivity contribution in [2.24, 2.45) is 5.73 Å². The lowest BCUT2D eigenvalue weighted by molar-refractivity contribution is 0.0401. The van der Waals surface area contributed by atoms with E-state index in [1.807, 2.05) is 0 Å². The zero-order valence-electron chi connectivity index (χ0n) is 11.7. The van der Waals surface area contributed by atoms with E-state index in [-0.39, 0.29) is 12.1 Å². The number of hydrogen-bond acceptors (Lipinski definition) is 2. The molecule has 4 atom stereocenters. The van der Waals surface area contributed by atoms with Crippen LogP contribution >= 0.6 is 0 Å². The van der Waals surface area contributed by atoms with E-state index in [0.717, 1.165) is 12.8 Å². The first-order valence-corrected chi connectivity index (χ1v) is 7.12. The molecule has 0 aliphatic carbocycles. The molecule has 18 heavy (non-hydrogen) atoms. The number of hydrogen-bond donors (Lipinski definition) is 1. The smallest absolute Gasteiger partial charge is 0.0772 e. The minimum atomic E-state index is 0.0148. The van der Waals surface area contributed by atoms with Gasteiger partial charge in [-0.2, -0.15) is 0 Å². The highest BCUT2D eigenvalue weighted by Gasteiger charge is 2.28. The summed E-state index contributed by atoms with van der Waals surface area (Å²) in [4.78, 5) is 0. The average molecular weight is 247 g/mol. The number of benzene rings is 1. The lowest BCUT2D eigenvalue weighted by Crippen LogP contribution is -2.26. The molecular formula is C16H25NO. The van der Waals surface area contributed by atoms with Gasteiger partial charge in [0.2, 0.25) is 0 Å². The van der Waals surface area contributed by atoms with Crippen molar-refractivity contribution in [2.75, 3.05) is 0 Å². The molecule has 0 bridgehead atoms. The van der Waals surface area contributed by atoms with Gasteiger partial charge >= 0.3 is 0 Å². The second kappa shape index (κ2) is 5.85. The van der Waals surface area contributed by atoms with Crippen LogP contribution in [0.4, 0.5) is 0 Å². The molecule has 1 aliphatic heterocycles. The molecule has 1 saturated heterocycles. The lowest BCUT2D eigenvalue weighted by atomic mass is 9.94. The SMILES string of the molecule is CCC(C)c1ccc(C(N)C2CCC(C)O2)cc1. The molecule has 100 valence electrons. The summed E-state index contributed by atoms with van der Waals surface area (Å²) in [5.74, 6) is 0.623. The second-order valence-electron chi connectivity index (χ2n) is 5.56. The monoisotopic (exact) mass is 247 g/mol. The molecule has 0 radical (unpaired) electrons. The van der Waals surface area contributed by atoms with E-state index in [4.69, 9.17) is 10.5 Å². The highest BCUT2D eigenvalue weighted by molar-refractivity contribution is 5.27. The van der Waals surface area contributed by atoms with Crippen LogP contribution in [0.3, 0.4) is 0 Å². The minimum absolute atomic E-state index is 0.0148. The number of rotatable bonds is 4. The first-order chi connectivity index (χ1) is 8.61. The Labute approximate surface area is 111 Å². The Balaban J connectivity index is 2.05. The predicted octanol–water partition coefficient (Wildman–Crippen LogP) is 3.77. The van der Waals surface area contributed by atoms with Crippen molar-refractivity contribution in [1.82, 2.24) is 0 Å². The molecule has 2 nitrogen and oxygen atoms in total. The van der Waals surface area contributed by atoms with E-state index >= 15 is 0 Å². The molecule has 0 amide bonds. The van der Waals surface area contributed by atoms with Gasteiger partial charge in [0.1, 0.15) is 0 Å². The fourth-order valence-corrected chi connectivity index (χ4v) is 2.59. The first-order valence-electron chi connectivity index (χ1n) is 7.12. The van der Waals surface area contributed by atoms with Gasteiger partial charge in [-0.15, -0.1) is 0 Å². The van der Waals surface area contributed by atoms with Crippen LogP contribution in [0.25, 0.3) is 0 Å². The quantitative estimate of drug-likeness (QED) is 0.879. The molecule has 1 fully saturated rings. The van der Waals surface area contributed by atoms with E-state index in [0.29, 0.717) is 12.0 Å². The molecular weight excluding hydrogens is 222 g/mol. The fourth-order valence-electron chi connectivity index (χ4n) is 2.59. The fraction of sp³-hybridized carbons (Fsp3) is 0.625. The van der Waals surface area contributed by atoms with Crippen molar-refractivity contribution in [3.05, 3.63) is 35.4 Å². The highest BCUT2D eigenvalue weighted by Crippen LogP contribution is 2.29. The van der Waals surface area contributed by atoms with Gasteiger partial charge in [-0.3, -0.25) is 0 Å². The summed E-state index contributed by atoms with van der Waals surface area (Å²) in [7, 11) is 0. The van der Waals surface area contributed by atoms with E-state index in [9.17, 15) is 0 Å². The third kappa shape index (κ3) is 2.93. The van der Waals surface area contributed by atoms with Gasteiger partial charge in [0.05, 0.1) is 18.2 Å². The minimum Gasteiger partial charge on any atom is -0.373 e. The topological polar surface area (TPSA) is 35.2 Å². The van der Waals surface area contributed by atoms with Crippen LogP contribution in [-0.2, 0) is 4.74 Å². The van der Waals surface area contributed by atoms with E-state index in [1.165, 1.54) is 17.5 Å². The summed E-state index contributed by atoms with van der Waals surface area (Å²) in [6, 6.07) is 8.77. The Morgan fingerprint density at radius 2 is 1.83 bits per heavy atom. The summed E-state index contributed by atoms with van der Waals surface area (Å²) >= 11 is 0. The van der Waals surface area contributed by atoms with Crippen molar-refractivity contribution in [1.29, 1.82) is 0 Å². The summed E-state index contributed by atoms with van der Waals surface area (Å²) in [5, 5.41) is 0. The van der Waals surface area contributed by atoms with Crippen LogP contribution in [0.15, 0.2) is 24.3 Å². The van der Waals surface area contributed by atoms with Crippen LogP contribution in [0.1, 0.15) is 63.1 Å². The zero-order valence-corrected chi connectivity index (χ0v) is 11.7. The molecule has 2 rings (SSSR count). The zero-order chi connectivity index (χ0) is 13.1.